The molecule has 102 valence electrons. The molecule has 0 aliphatic carbocycles. The second-order valence-corrected chi connectivity index (χ2v) is 6.66. The summed E-state index contributed by atoms with van der Waals surface area (Å²) in [6, 6.07) is 7.65. The average molecular weight is 290 g/mol. The second kappa shape index (κ2) is 7.77. The summed E-state index contributed by atoms with van der Waals surface area (Å²) in [4.78, 5) is 0. The first-order chi connectivity index (χ1) is 8.53. The van der Waals surface area contributed by atoms with Crippen molar-refractivity contribution in [3.05, 3.63) is 34.9 Å². The van der Waals surface area contributed by atoms with Gasteiger partial charge in [0.15, 0.2) is 0 Å². The molecule has 0 radical (unpaired) electrons. The molecule has 0 heterocycles. The van der Waals surface area contributed by atoms with Crippen LogP contribution < -0.4 is 4.72 Å². The van der Waals surface area contributed by atoms with E-state index in [4.69, 9.17) is 11.6 Å². The summed E-state index contributed by atoms with van der Waals surface area (Å²) < 4.78 is 25.7. The minimum absolute atomic E-state index is 0.223. The molecule has 0 saturated carbocycles. The van der Waals surface area contributed by atoms with Gasteiger partial charge in [0, 0.05) is 11.6 Å². The topological polar surface area (TPSA) is 46.2 Å². The SMILES string of the molecule is CCCCS(=O)(=O)NCCCc1cccc(Cl)c1. The lowest BCUT2D eigenvalue weighted by Gasteiger charge is -2.06. The number of benzene rings is 1. The van der Waals surface area contributed by atoms with Gasteiger partial charge in [0.2, 0.25) is 10.0 Å². The highest BCUT2D eigenvalue weighted by atomic mass is 35.5. The van der Waals surface area contributed by atoms with Crippen LogP contribution in [0, 0.1) is 0 Å². The number of halogens is 1. The fourth-order valence-corrected chi connectivity index (χ4v) is 3.10. The lowest BCUT2D eigenvalue weighted by Crippen LogP contribution is -2.27. The number of rotatable bonds is 8. The first-order valence-corrected chi connectivity index (χ1v) is 8.28. The van der Waals surface area contributed by atoms with E-state index in [9.17, 15) is 8.42 Å². The smallest absolute Gasteiger partial charge is 0.211 e. The zero-order valence-corrected chi connectivity index (χ0v) is 12.2. The molecule has 0 aromatic heterocycles. The molecule has 0 spiro atoms. The van der Waals surface area contributed by atoms with Gasteiger partial charge in [-0.05, 0) is 37.0 Å². The number of sulfonamides is 1. The summed E-state index contributed by atoms with van der Waals surface area (Å²) in [7, 11) is -3.08. The molecule has 0 bridgehead atoms. The van der Waals surface area contributed by atoms with Crippen LogP contribution in [0.4, 0.5) is 0 Å². The van der Waals surface area contributed by atoms with Crippen molar-refractivity contribution >= 4 is 21.6 Å². The van der Waals surface area contributed by atoms with Gasteiger partial charge in [-0.25, -0.2) is 13.1 Å². The van der Waals surface area contributed by atoms with Gasteiger partial charge < -0.3 is 0 Å². The standard InChI is InChI=1S/C13H20ClNO2S/c1-2-3-10-18(16,17)15-9-5-7-12-6-4-8-13(14)11-12/h4,6,8,11,15H,2-3,5,7,9-10H2,1H3. The molecule has 0 saturated heterocycles. The highest BCUT2D eigenvalue weighted by molar-refractivity contribution is 7.89. The van der Waals surface area contributed by atoms with Gasteiger partial charge in [-0.1, -0.05) is 37.1 Å². The van der Waals surface area contributed by atoms with Gasteiger partial charge in [-0.15, -0.1) is 0 Å². The number of unbranched alkanes of at least 4 members (excludes halogenated alkanes) is 1. The van der Waals surface area contributed by atoms with Crippen molar-refractivity contribution in [2.24, 2.45) is 0 Å². The van der Waals surface area contributed by atoms with Crippen LogP contribution in [0.2, 0.25) is 5.02 Å². The molecule has 0 amide bonds. The zero-order valence-electron chi connectivity index (χ0n) is 10.7. The Bertz CT molecular complexity index is 460. The predicted molar refractivity (Wildman–Crippen MR) is 76.5 cm³/mol. The van der Waals surface area contributed by atoms with E-state index < -0.39 is 10.0 Å². The van der Waals surface area contributed by atoms with Gasteiger partial charge in [0.25, 0.3) is 0 Å². The molecule has 18 heavy (non-hydrogen) atoms. The highest BCUT2D eigenvalue weighted by Gasteiger charge is 2.07. The third kappa shape index (κ3) is 6.38. The molecule has 5 heteroatoms. The minimum Gasteiger partial charge on any atom is -0.215 e. The summed E-state index contributed by atoms with van der Waals surface area (Å²) in [6.07, 6.45) is 3.22. The van der Waals surface area contributed by atoms with Crippen LogP contribution in [0.3, 0.4) is 0 Å². The van der Waals surface area contributed by atoms with Crippen molar-refractivity contribution in [3.63, 3.8) is 0 Å². The molecule has 1 aromatic rings. The minimum atomic E-state index is -3.08. The maximum Gasteiger partial charge on any atom is 0.211 e. The van der Waals surface area contributed by atoms with Crippen LogP contribution in [-0.2, 0) is 16.4 Å². The summed E-state index contributed by atoms with van der Waals surface area (Å²) in [6.45, 7) is 2.47. The molecular weight excluding hydrogens is 270 g/mol. The normalized spacial score (nSPS) is 11.7. The fraction of sp³-hybridized carbons (Fsp3) is 0.538. The summed E-state index contributed by atoms with van der Waals surface area (Å²) in [5, 5.41) is 0.719. The van der Waals surface area contributed by atoms with Crippen LogP contribution >= 0.6 is 11.6 Å². The van der Waals surface area contributed by atoms with Crippen molar-refractivity contribution in [2.75, 3.05) is 12.3 Å². The largest absolute Gasteiger partial charge is 0.215 e. The number of aryl methyl sites for hydroxylation is 1. The molecule has 1 N–H and O–H groups in total. The third-order valence-electron chi connectivity index (χ3n) is 2.62. The van der Waals surface area contributed by atoms with Crippen LogP contribution in [0.25, 0.3) is 0 Å². The summed E-state index contributed by atoms with van der Waals surface area (Å²) in [5.74, 6) is 0.223. The molecule has 0 atom stereocenters. The van der Waals surface area contributed by atoms with Gasteiger partial charge in [0.1, 0.15) is 0 Å². The van der Waals surface area contributed by atoms with Crippen LogP contribution in [0.1, 0.15) is 31.7 Å². The van der Waals surface area contributed by atoms with Gasteiger partial charge >= 0.3 is 0 Å². The molecule has 0 unspecified atom stereocenters. The Labute approximate surface area is 115 Å². The Kier molecular flexibility index (Phi) is 6.68. The summed E-state index contributed by atoms with van der Waals surface area (Å²) >= 11 is 5.88. The van der Waals surface area contributed by atoms with Crippen LogP contribution in [0.5, 0.6) is 0 Å². The van der Waals surface area contributed by atoms with E-state index in [1.165, 1.54) is 0 Å². The number of nitrogens with one attached hydrogen (secondary N) is 1. The molecule has 1 rings (SSSR count). The van der Waals surface area contributed by atoms with Crippen molar-refractivity contribution in [1.29, 1.82) is 0 Å². The van der Waals surface area contributed by atoms with E-state index in [0.717, 1.165) is 29.8 Å². The molecule has 0 aliphatic rings. The molecular formula is C13H20ClNO2S. The van der Waals surface area contributed by atoms with Crippen molar-refractivity contribution < 1.29 is 8.42 Å². The second-order valence-electron chi connectivity index (χ2n) is 4.30. The predicted octanol–water partition coefficient (Wildman–Crippen LogP) is 2.99. The van der Waals surface area contributed by atoms with Crippen LogP contribution in [-0.4, -0.2) is 20.7 Å². The first-order valence-electron chi connectivity index (χ1n) is 6.25. The fourth-order valence-electron chi connectivity index (χ4n) is 1.62. The van der Waals surface area contributed by atoms with E-state index in [2.05, 4.69) is 4.72 Å². The zero-order chi connectivity index (χ0) is 13.4. The Morgan fingerprint density at radius 2 is 2.06 bits per heavy atom. The van der Waals surface area contributed by atoms with Gasteiger partial charge in [0.05, 0.1) is 5.75 Å². The molecule has 0 fully saturated rings. The quantitative estimate of drug-likeness (QED) is 0.748. The van der Waals surface area contributed by atoms with Crippen molar-refractivity contribution in [3.8, 4) is 0 Å². The summed E-state index contributed by atoms with van der Waals surface area (Å²) in [5.41, 5.74) is 1.13. The average Bonchev–Trinajstić information content (AvgIpc) is 2.32. The van der Waals surface area contributed by atoms with E-state index >= 15 is 0 Å². The lowest BCUT2D eigenvalue weighted by molar-refractivity contribution is 0.575. The highest BCUT2D eigenvalue weighted by Crippen LogP contribution is 2.11. The molecule has 0 aliphatic heterocycles. The molecule has 3 nitrogen and oxygen atoms in total. The first kappa shape index (κ1) is 15.5. The van der Waals surface area contributed by atoms with Gasteiger partial charge in [-0.2, -0.15) is 0 Å². The van der Waals surface area contributed by atoms with Gasteiger partial charge in [-0.3, -0.25) is 0 Å². The number of hydrogen-bond acceptors (Lipinski definition) is 2. The Morgan fingerprint density at radius 3 is 2.72 bits per heavy atom. The van der Waals surface area contributed by atoms with E-state index in [1.807, 2.05) is 31.2 Å². The van der Waals surface area contributed by atoms with E-state index in [0.29, 0.717) is 13.0 Å². The van der Waals surface area contributed by atoms with Crippen molar-refractivity contribution in [2.45, 2.75) is 32.6 Å². The van der Waals surface area contributed by atoms with Crippen molar-refractivity contribution in [1.82, 2.24) is 4.72 Å². The monoisotopic (exact) mass is 289 g/mol. The Morgan fingerprint density at radius 1 is 1.28 bits per heavy atom. The maximum atomic E-state index is 11.5. The van der Waals surface area contributed by atoms with E-state index in [1.54, 1.807) is 0 Å². The van der Waals surface area contributed by atoms with E-state index in [-0.39, 0.29) is 5.75 Å². The Hall–Kier alpha value is -0.580. The molecule has 1 aromatic carbocycles. The lowest BCUT2D eigenvalue weighted by atomic mass is 10.1. The third-order valence-corrected chi connectivity index (χ3v) is 4.33. The maximum absolute atomic E-state index is 11.5. The van der Waals surface area contributed by atoms with Crippen LogP contribution in [0.15, 0.2) is 24.3 Å². The number of hydrogen-bond donors (Lipinski definition) is 1. The Balaban J connectivity index is 2.26.